The van der Waals surface area contributed by atoms with Crippen LogP contribution in [0.4, 0.5) is 5.69 Å². The maximum absolute atomic E-state index is 12.6. The molecule has 0 aromatic heterocycles. The highest BCUT2D eigenvalue weighted by atomic mass is 16.5. The minimum absolute atomic E-state index is 0.0196. The molecule has 0 radical (unpaired) electrons. The predicted molar refractivity (Wildman–Crippen MR) is 86.2 cm³/mol. The van der Waals surface area contributed by atoms with Crippen molar-refractivity contribution in [1.29, 1.82) is 0 Å². The number of aryl methyl sites for hydroxylation is 1. The summed E-state index contributed by atoms with van der Waals surface area (Å²) in [6.07, 6.45) is 1.95. The van der Waals surface area contributed by atoms with Crippen LogP contribution < -0.4 is 15.0 Å². The Morgan fingerprint density at radius 1 is 1.36 bits per heavy atom. The van der Waals surface area contributed by atoms with Crippen LogP contribution in [0.3, 0.4) is 0 Å². The third-order valence-corrected chi connectivity index (χ3v) is 3.68. The zero-order valence-electron chi connectivity index (χ0n) is 13.7. The predicted octanol–water partition coefficient (Wildman–Crippen LogP) is 2.42. The van der Waals surface area contributed by atoms with E-state index in [9.17, 15) is 9.59 Å². The van der Waals surface area contributed by atoms with Gasteiger partial charge in [0.1, 0.15) is 12.3 Å². The van der Waals surface area contributed by atoms with Gasteiger partial charge in [0.05, 0.1) is 5.69 Å². The van der Waals surface area contributed by atoms with Crippen molar-refractivity contribution in [1.82, 2.24) is 5.32 Å². The lowest BCUT2D eigenvalue weighted by atomic mass is 10.0. The monoisotopic (exact) mass is 304 g/mol. The van der Waals surface area contributed by atoms with E-state index in [2.05, 4.69) is 12.2 Å². The van der Waals surface area contributed by atoms with Gasteiger partial charge in [-0.3, -0.25) is 14.5 Å². The molecule has 120 valence electrons. The molecular formula is C17H24N2O3. The summed E-state index contributed by atoms with van der Waals surface area (Å²) in [7, 11) is 0. The van der Waals surface area contributed by atoms with E-state index < -0.39 is 5.60 Å². The summed E-state index contributed by atoms with van der Waals surface area (Å²) in [6.45, 7) is 8.12. The Bertz CT molecular complexity index is 581. The summed E-state index contributed by atoms with van der Waals surface area (Å²) in [6, 6.07) is 5.66. The summed E-state index contributed by atoms with van der Waals surface area (Å²) in [5.74, 6) is 0.291. The van der Waals surface area contributed by atoms with E-state index in [1.54, 1.807) is 13.8 Å². The second kappa shape index (κ2) is 6.38. The Morgan fingerprint density at radius 3 is 2.77 bits per heavy atom. The molecule has 1 aliphatic heterocycles. The third kappa shape index (κ3) is 3.40. The molecule has 1 heterocycles. The minimum Gasteiger partial charge on any atom is -0.476 e. The Kier molecular flexibility index (Phi) is 4.74. The molecule has 1 aromatic rings. The van der Waals surface area contributed by atoms with Gasteiger partial charge in [-0.1, -0.05) is 19.4 Å². The number of carbonyl (C=O) groups is 2. The molecule has 0 aliphatic carbocycles. The molecule has 1 aromatic carbocycles. The van der Waals surface area contributed by atoms with Gasteiger partial charge < -0.3 is 10.1 Å². The van der Waals surface area contributed by atoms with Crippen molar-refractivity contribution in [2.24, 2.45) is 0 Å². The fraction of sp³-hybridized carbons (Fsp3) is 0.529. The van der Waals surface area contributed by atoms with Crippen molar-refractivity contribution in [2.75, 3.05) is 18.0 Å². The number of rotatable bonds is 5. The molecule has 5 nitrogen and oxygen atoms in total. The summed E-state index contributed by atoms with van der Waals surface area (Å²) in [5, 5.41) is 2.85. The fourth-order valence-electron chi connectivity index (χ4n) is 2.44. The molecule has 1 aliphatic rings. The number of anilines is 1. The molecule has 1 N–H and O–H groups in total. The molecule has 0 bridgehead atoms. The van der Waals surface area contributed by atoms with Gasteiger partial charge >= 0.3 is 0 Å². The van der Waals surface area contributed by atoms with Crippen LogP contribution >= 0.6 is 0 Å². The molecule has 0 saturated carbocycles. The second-order valence-electron chi connectivity index (χ2n) is 6.18. The Balaban J connectivity index is 2.23. The molecule has 5 heteroatoms. The molecule has 22 heavy (non-hydrogen) atoms. The van der Waals surface area contributed by atoms with Crippen molar-refractivity contribution in [3.05, 3.63) is 23.8 Å². The molecule has 0 fully saturated rings. The lowest BCUT2D eigenvalue weighted by Crippen LogP contribution is -2.55. The standard InChI is InChI=1S/C17H24N2O3/c1-5-6-9-18-15(20)11-19-13-10-12(2)7-8-14(13)22-17(3,4)16(19)21/h7-8,10H,5-6,9,11H2,1-4H3,(H,18,20). The normalized spacial score (nSPS) is 16.0. The SMILES string of the molecule is CCCCNC(=O)CN1C(=O)C(C)(C)Oc2ccc(C)cc21. The van der Waals surface area contributed by atoms with E-state index in [1.807, 2.05) is 25.1 Å². The Labute approximate surface area is 131 Å². The number of hydrogen-bond donors (Lipinski definition) is 1. The summed E-state index contributed by atoms with van der Waals surface area (Å²) < 4.78 is 5.77. The number of carbonyl (C=O) groups excluding carboxylic acids is 2. The van der Waals surface area contributed by atoms with E-state index >= 15 is 0 Å². The highest BCUT2D eigenvalue weighted by molar-refractivity contribution is 6.05. The molecule has 2 rings (SSSR count). The van der Waals surface area contributed by atoms with Gasteiger partial charge in [0.25, 0.3) is 5.91 Å². The Morgan fingerprint density at radius 2 is 2.09 bits per heavy atom. The molecule has 0 unspecified atom stereocenters. The summed E-state index contributed by atoms with van der Waals surface area (Å²) in [4.78, 5) is 26.2. The van der Waals surface area contributed by atoms with E-state index in [-0.39, 0.29) is 18.4 Å². The van der Waals surface area contributed by atoms with Crippen LogP contribution in [-0.4, -0.2) is 30.5 Å². The first-order valence-electron chi connectivity index (χ1n) is 7.73. The molecule has 0 spiro atoms. The quantitative estimate of drug-likeness (QED) is 0.850. The van der Waals surface area contributed by atoms with Crippen molar-refractivity contribution < 1.29 is 14.3 Å². The number of nitrogens with one attached hydrogen (secondary N) is 1. The first-order valence-corrected chi connectivity index (χ1v) is 7.73. The lowest BCUT2D eigenvalue weighted by Gasteiger charge is -2.38. The van der Waals surface area contributed by atoms with Gasteiger partial charge in [0.2, 0.25) is 5.91 Å². The van der Waals surface area contributed by atoms with Gasteiger partial charge in [0, 0.05) is 6.54 Å². The van der Waals surface area contributed by atoms with Crippen LogP contribution in [0.2, 0.25) is 0 Å². The highest BCUT2D eigenvalue weighted by Crippen LogP contribution is 2.38. The zero-order chi connectivity index (χ0) is 16.3. The van der Waals surface area contributed by atoms with Crippen LogP contribution in [-0.2, 0) is 9.59 Å². The molecule has 0 saturated heterocycles. The van der Waals surface area contributed by atoms with Crippen molar-refractivity contribution >= 4 is 17.5 Å². The van der Waals surface area contributed by atoms with Crippen LogP contribution in [0.15, 0.2) is 18.2 Å². The van der Waals surface area contributed by atoms with Crippen LogP contribution in [0.25, 0.3) is 0 Å². The van der Waals surface area contributed by atoms with Crippen LogP contribution in [0.5, 0.6) is 5.75 Å². The van der Waals surface area contributed by atoms with Crippen LogP contribution in [0.1, 0.15) is 39.2 Å². The van der Waals surface area contributed by atoms with Crippen molar-refractivity contribution in [2.45, 2.75) is 46.1 Å². The lowest BCUT2D eigenvalue weighted by molar-refractivity contribution is -0.134. The van der Waals surface area contributed by atoms with E-state index in [4.69, 9.17) is 4.74 Å². The average Bonchev–Trinajstić information content (AvgIpc) is 2.45. The molecule has 2 amide bonds. The molecule has 0 atom stereocenters. The fourth-order valence-corrected chi connectivity index (χ4v) is 2.44. The number of fused-ring (bicyclic) bond motifs is 1. The third-order valence-electron chi connectivity index (χ3n) is 3.68. The summed E-state index contributed by atoms with van der Waals surface area (Å²) >= 11 is 0. The van der Waals surface area contributed by atoms with Crippen molar-refractivity contribution in [3.8, 4) is 5.75 Å². The van der Waals surface area contributed by atoms with Gasteiger partial charge in [-0.25, -0.2) is 0 Å². The van der Waals surface area contributed by atoms with Crippen molar-refractivity contribution in [3.63, 3.8) is 0 Å². The van der Waals surface area contributed by atoms with Gasteiger partial charge in [-0.05, 0) is 44.9 Å². The minimum atomic E-state index is -0.966. The number of unbranched alkanes of at least 4 members (excludes halogenated alkanes) is 1. The highest BCUT2D eigenvalue weighted by Gasteiger charge is 2.41. The topological polar surface area (TPSA) is 58.6 Å². The van der Waals surface area contributed by atoms with Crippen LogP contribution in [0, 0.1) is 6.92 Å². The van der Waals surface area contributed by atoms with Gasteiger partial charge in [-0.2, -0.15) is 0 Å². The zero-order valence-corrected chi connectivity index (χ0v) is 13.7. The summed E-state index contributed by atoms with van der Waals surface area (Å²) in [5.41, 5.74) is 0.715. The van der Waals surface area contributed by atoms with Gasteiger partial charge in [0.15, 0.2) is 5.60 Å². The smallest absolute Gasteiger partial charge is 0.271 e. The average molecular weight is 304 g/mol. The largest absolute Gasteiger partial charge is 0.476 e. The second-order valence-corrected chi connectivity index (χ2v) is 6.18. The number of amides is 2. The molecular weight excluding hydrogens is 280 g/mol. The van der Waals surface area contributed by atoms with E-state index in [0.29, 0.717) is 18.0 Å². The van der Waals surface area contributed by atoms with Gasteiger partial charge in [-0.15, -0.1) is 0 Å². The van der Waals surface area contributed by atoms with E-state index in [0.717, 1.165) is 18.4 Å². The number of ether oxygens (including phenoxy) is 1. The number of benzene rings is 1. The maximum atomic E-state index is 12.6. The maximum Gasteiger partial charge on any atom is 0.271 e. The first-order chi connectivity index (χ1) is 10.3. The first kappa shape index (κ1) is 16.3. The number of nitrogens with zero attached hydrogens (tertiary/aromatic N) is 1. The Hall–Kier alpha value is -2.04. The number of hydrogen-bond acceptors (Lipinski definition) is 3. The van der Waals surface area contributed by atoms with E-state index in [1.165, 1.54) is 4.90 Å².